The van der Waals surface area contributed by atoms with E-state index in [9.17, 15) is 28.0 Å². The van der Waals surface area contributed by atoms with Crippen LogP contribution < -0.4 is 9.47 Å². The van der Waals surface area contributed by atoms with Gasteiger partial charge in [0.1, 0.15) is 34.6 Å². The number of hydrogen-bond acceptors (Lipinski definition) is 6. The summed E-state index contributed by atoms with van der Waals surface area (Å²) in [5.41, 5.74) is 4.71. The van der Waals surface area contributed by atoms with Gasteiger partial charge in [-0.15, -0.1) is 0 Å². The predicted molar refractivity (Wildman–Crippen MR) is 237 cm³/mol. The molecular weight excluding hydrogens is 795 g/mol. The Labute approximate surface area is 363 Å². The quantitative estimate of drug-likeness (QED) is 0.101. The van der Waals surface area contributed by atoms with Gasteiger partial charge >= 0.3 is 0 Å². The van der Waals surface area contributed by atoms with E-state index in [1.54, 1.807) is 97.1 Å². The fraction of sp³-hybridized carbons (Fsp3) is 0.0545. The molecule has 0 aromatic heterocycles. The summed E-state index contributed by atoms with van der Waals surface area (Å²) in [4.78, 5) is 52.5. The molecule has 0 saturated carbocycles. The lowest BCUT2D eigenvalue weighted by Crippen LogP contribution is -2.18. The number of halogens is 2. The average Bonchev–Trinajstić information content (AvgIpc) is 3.32. The molecule has 0 heterocycles. The van der Waals surface area contributed by atoms with E-state index in [0.29, 0.717) is 67.5 Å². The van der Waals surface area contributed by atoms with Gasteiger partial charge in [-0.1, -0.05) is 74.5 Å². The number of ketones is 4. The summed E-state index contributed by atoms with van der Waals surface area (Å²) in [6.07, 6.45) is 0. The monoisotopic (exact) mass is 832 g/mol. The lowest BCUT2D eigenvalue weighted by molar-refractivity contribution is 0.102. The maximum absolute atomic E-state index is 13.3. The fourth-order valence-electron chi connectivity index (χ4n) is 7.14. The van der Waals surface area contributed by atoms with Crippen LogP contribution in [0.15, 0.2) is 194 Å². The van der Waals surface area contributed by atoms with E-state index in [0.717, 1.165) is 11.1 Å². The highest BCUT2D eigenvalue weighted by molar-refractivity contribution is 6.14. The van der Waals surface area contributed by atoms with E-state index in [-0.39, 0.29) is 28.5 Å². The Balaban J connectivity index is 0.861. The molecule has 0 aliphatic carbocycles. The Bertz CT molecular complexity index is 2750. The summed E-state index contributed by atoms with van der Waals surface area (Å²) in [5, 5.41) is 0. The molecule has 0 N–H and O–H groups in total. The van der Waals surface area contributed by atoms with Crippen LogP contribution >= 0.6 is 0 Å². The summed E-state index contributed by atoms with van der Waals surface area (Å²) in [6, 6.07) is 52.8. The Morgan fingerprint density at radius 3 is 0.841 bits per heavy atom. The predicted octanol–water partition coefficient (Wildman–Crippen LogP) is 12.8. The summed E-state index contributed by atoms with van der Waals surface area (Å²) >= 11 is 0. The molecule has 0 spiro atoms. The van der Waals surface area contributed by atoms with E-state index in [1.807, 2.05) is 48.5 Å². The number of ether oxygens (including phenoxy) is 2. The Morgan fingerprint density at radius 1 is 0.333 bits per heavy atom. The van der Waals surface area contributed by atoms with Crippen LogP contribution in [0.3, 0.4) is 0 Å². The lowest BCUT2D eigenvalue weighted by atomic mass is 9.78. The molecular formula is C55H38F2O6. The number of carbonyl (C=O) groups is 4. The minimum atomic E-state index is -0.432. The lowest BCUT2D eigenvalue weighted by Gasteiger charge is -2.26. The van der Waals surface area contributed by atoms with Crippen molar-refractivity contribution >= 4 is 23.1 Å². The maximum atomic E-state index is 13.3. The van der Waals surface area contributed by atoms with Crippen LogP contribution in [-0.4, -0.2) is 23.1 Å². The van der Waals surface area contributed by atoms with Gasteiger partial charge in [0, 0.05) is 49.9 Å². The Hall–Kier alpha value is -8.10. The molecule has 0 aliphatic heterocycles. The van der Waals surface area contributed by atoms with Gasteiger partial charge < -0.3 is 9.47 Å². The number of benzene rings is 8. The Morgan fingerprint density at radius 2 is 0.571 bits per heavy atom. The molecule has 6 nitrogen and oxygen atoms in total. The van der Waals surface area contributed by atoms with E-state index in [4.69, 9.17) is 9.47 Å². The van der Waals surface area contributed by atoms with Crippen molar-refractivity contribution < 1.29 is 37.4 Å². The largest absolute Gasteiger partial charge is 0.457 e. The molecule has 0 radical (unpaired) electrons. The van der Waals surface area contributed by atoms with Crippen molar-refractivity contribution in [2.75, 3.05) is 0 Å². The molecule has 8 rings (SSSR count). The minimum Gasteiger partial charge on any atom is -0.457 e. The molecule has 308 valence electrons. The molecule has 0 bridgehead atoms. The number of rotatable bonds is 14. The molecule has 0 amide bonds. The third-order valence-electron chi connectivity index (χ3n) is 10.8. The van der Waals surface area contributed by atoms with Crippen LogP contribution in [0.4, 0.5) is 8.78 Å². The van der Waals surface area contributed by atoms with Crippen LogP contribution in [0.5, 0.6) is 23.0 Å². The summed E-state index contributed by atoms with van der Waals surface area (Å²) in [6.45, 7) is 4.26. The van der Waals surface area contributed by atoms with Crippen LogP contribution in [-0.2, 0) is 5.41 Å². The standard InChI is InChI=1S/C55H38F2O6/c1-55(2,43-17-29-49(30-18-43)62-47-25-13-37(14-26-47)53(60)41-7-3-5-39(33-41)51(58)35-9-21-45(56)22-10-35)44-19-31-50(32-20-44)63-48-27-15-38(16-28-48)54(61)42-8-4-6-40(34-42)52(59)36-11-23-46(57)24-12-36/h3-34H,1-2H3. The molecule has 8 heteroatoms. The third-order valence-corrected chi connectivity index (χ3v) is 10.8. The van der Waals surface area contributed by atoms with Gasteiger partial charge in [-0.3, -0.25) is 19.2 Å². The highest BCUT2D eigenvalue weighted by Crippen LogP contribution is 2.35. The number of hydrogen-bond donors (Lipinski definition) is 0. The van der Waals surface area contributed by atoms with Gasteiger partial charge in [0.15, 0.2) is 23.1 Å². The van der Waals surface area contributed by atoms with Gasteiger partial charge in [-0.05, 0) is 145 Å². The SMILES string of the molecule is CC(C)(c1ccc(Oc2ccc(C(=O)c3cccc(C(=O)c4ccc(F)cc4)c3)cc2)cc1)c1ccc(Oc2ccc(C(=O)c3cccc(C(=O)c4ccc(F)cc4)c3)cc2)cc1. The molecule has 8 aromatic carbocycles. The molecule has 0 fully saturated rings. The van der Waals surface area contributed by atoms with E-state index in [1.165, 1.54) is 48.5 Å². The zero-order valence-electron chi connectivity index (χ0n) is 34.2. The van der Waals surface area contributed by atoms with Crippen LogP contribution in [0, 0.1) is 11.6 Å². The van der Waals surface area contributed by atoms with Gasteiger partial charge in [0.25, 0.3) is 0 Å². The zero-order chi connectivity index (χ0) is 44.1. The van der Waals surface area contributed by atoms with Crippen molar-refractivity contribution in [2.45, 2.75) is 19.3 Å². The first-order chi connectivity index (χ1) is 30.4. The van der Waals surface area contributed by atoms with Crippen LogP contribution in [0.2, 0.25) is 0 Å². The van der Waals surface area contributed by atoms with Gasteiger partial charge in [-0.2, -0.15) is 0 Å². The van der Waals surface area contributed by atoms with Crippen molar-refractivity contribution in [2.24, 2.45) is 0 Å². The summed E-state index contributed by atoms with van der Waals surface area (Å²) < 4.78 is 38.9. The summed E-state index contributed by atoms with van der Waals surface area (Å²) in [7, 11) is 0. The van der Waals surface area contributed by atoms with Crippen molar-refractivity contribution in [1.29, 1.82) is 0 Å². The van der Waals surface area contributed by atoms with Crippen LogP contribution in [0.25, 0.3) is 0 Å². The van der Waals surface area contributed by atoms with Crippen molar-refractivity contribution in [3.63, 3.8) is 0 Å². The van der Waals surface area contributed by atoms with Crippen molar-refractivity contribution in [1.82, 2.24) is 0 Å². The first-order valence-electron chi connectivity index (χ1n) is 20.1. The van der Waals surface area contributed by atoms with Gasteiger partial charge in [0.05, 0.1) is 0 Å². The van der Waals surface area contributed by atoms with Gasteiger partial charge in [-0.25, -0.2) is 8.78 Å². The second kappa shape index (κ2) is 17.9. The van der Waals surface area contributed by atoms with E-state index in [2.05, 4.69) is 13.8 Å². The maximum Gasteiger partial charge on any atom is 0.193 e. The number of carbonyl (C=O) groups excluding carboxylic acids is 4. The first-order valence-corrected chi connectivity index (χ1v) is 20.1. The fourth-order valence-corrected chi connectivity index (χ4v) is 7.14. The second-order valence-corrected chi connectivity index (χ2v) is 15.4. The molecule has 63 heavy (non-hydrogen) atoms. The smallest absolute Gasteiger partial charge is 0.193 e. The minimum absolute atomic E-state index is 0.245. The molecule has 0 unspecified atom stereocenters. The zero-order valence-corrected chi connectivity index (χ0v) is 34.2. The molecule has 0 atom stereocenters. The van der Waals surface area contributed by atoms with Gasteiger partial charge in [0.2, 0.25) is 0 Å². The topological polar surface area (TPSA) is 86.7 Å². The first kappa shape index (κ1) is 41.6. The highest BCUT2D eigenvalue weighted by atomic mass is 19.1. The van der Waals surface area contributed by atoms with E-state index < -0.39 is 11.6 Å². The Kier molecular flexibility index (Phi) is 11.8. The van der Waals surface area contributed by atoms with Crippen molar-refractivity contribution in [3.05, 3.63) is 261 Å². The van der Waals surface area contributed by atoms with Crippen molar-refractivity contribution in [3.8, 4) is 23.0 Å². The summed E-state index contributed by atoms with van der Waals surface area (Å²) in [5.74, 6) is 0.407. The highest BCUT2D eigenvalue weighted by Gasteiger charge is 2.24. The second-order valence-electron chi connectivity index (χ2n) is 15.4. The molecule has 8 aromatic rings. The van der Waals surface area contributed by atoms with E-state index >= 15 is 0 Å². The normalized spacial score (nSPS) is 11.1. The molecule has 0 aliphatic rings. The average molecular weight is 833 g/mol. The van der Waals surface area contributed by atoms with Crippen LogP contribution in [0.1, 0.15) is 88.7 Å². The molecule has 0 saturated heterocycles. The third kappa shape index (κ3) is 9.46.